The second kappa shape index (κ2) is 3.62. The molecule has 2 aliphatic carbocycles. The van der Waals surface area contributed by atoms with Gasteiger partial charge in [0.1, 0.15) is 0 Å². The van der Waals surface area contributed by atoms with E-state index in [1.165, 1.54) is 12.8 Å². The van der Waals surface area contributed by atoms with Crippen molar-refractivity contribution in [2.75, 3.05) is 0 Å². The molecule has 0 unspecified atom stereocenters. The van der Waals surface area contributed by atoms with E-state index in [0.717, 1.165) is 19.3 Å². The number of hydrogen-bond acceptors (Lipinski definition) is 1. The Kier molecular flexibility index (Phi) is 2.70. The standard InChI is InChI=1S/C14H24O/c1-11(2)12-7-10-13(3)8-5-4-6-9-14(12,13)15/h4-5,11-12,15H,6-10H2,1-3H3/t12-,13+,14+/m1/s1. The third kappa shape index (κ3) is 1.56. The van der Waals surface area contributed by atoms with Crippen LogP contribution in [0.15, 0.2) is 12.2 Å². The van der Waals surface area contributed by atoms with Gasteiger partial charge >= 0.3 is 0 Å². The number of hydrogen-bond donors (Lipinski definition) is 1. The van der Waals surface area contributed by atoms with E-state index in [2.05, 4.69) is 32.9 Å². The van der Waals surface area contributed by atoms with Gasteiger partial charge < -0.3 is 5.11 Å². The Labute approximate surface area is 93.6 Å². The van der Waals surface area contributed by atoms with E-state index < -0.39 is 5.60 Å². The Bertz CT molecular complexity index is 269. The summed E-state index contributed by atoms with van der Waals surface area (Å²) in [6.07, 6.45) is 10.00. The fourth-order valence-electron chi connectivity index (χ4n) is 3.79. The summed E-state index contributed by atoms with van der Waals surface area (Å²) in [5, 5.41) is 11.0. The van der Waals surface area contributed by atoms with Crippen LogP contribution in [-0.2, 0) is 0 Å². The van der Waals surface area contributed by atoms with Crippen LogP contribution < -0.4 is 0 Å². The predicted molar refractivity (Wildman–Crippen MR) is 63.6 cm³/mol. The molecule has 0 spiro atoms. The quantitative estimate of drug-likeness (QED) is 0.654. The molecule has 2 rings (SSSR count). The fraction of sp³-hybridized carbons (Fsp3) is 0.857. The third-order valence-electron chi connectivity index (χ3n) is 4.90. The van der Waals surface area contributed by atoms with E-state index in [1.807, 2.05) is 0 Å². The second-order valence-corrected chi connectivity index (χ2v) is 6.09. The summed E-state index contributed by atoms with van der Waals surface area (Å²) in [5.41, 5.74) is -0.278. The Hall–Kier alpha value is -0.300. The van der Waals surface area contributed by atoms with Crippen molar-refractivity contribution in [2.24, 2.45) is 17.3 Å². The van der Waals surface area contributed by atoms with Crippen molar-refractivity contribution in [3.05, 3.63) is 12.2 Å². The lowest BCUT2D eigenvalue weighted by atomic mass is 9.67. The van der Waals surface area contributed by atoms with Gasteiger partial charge in [0.05, 0.1) is 5.60 Å². The molecule has 1 N–H and O–H groups in total. The minimum atomic E-state index is -0.412. The molecule has 3 atom stereocenters. The highest BCUT2D eigenvalue weighted by atomic mass is 16.3. The van der Waals surface area contributed by atoms with Crippen molar-refractivity contribution >= 4 is 0 Å². The maximum absolute atomic E-state index is 11.0. The Morgan fingerprint density at radius 3 is 2.67 bits per heavy atom. The van der Waals surface area contributed by atoms with Gasteiger partial charge in [-0.25, -0.2) is 0 Å². The lowest BCUT2D eigenvalue weighted by Crippen LogP contribution is -2.47. The van der Waals surface area contributed by atoms with Gasteiger partial charge in [-0.1, -0.05) is 32.9 Å². The van der Waals surface area contributed by atoms with Gasteiger partial charge in [-0.15, -0.1) is 0 Å². The van der Waals surface area contributed by atoms with Crippen LogP contribution in [-0.4, -0.2) is 10.7 Å². The van der Waals surface area contributed by atoms with E-state index in [4.69, 9.17) is 0 Å². The Balaban J connectivity index is 2.31. The van der Waals surface area contributed by atoms with E-state index in [0.29, 0.717) is 11.8 Å². The molecule has 0 amide bonds. The van der Waals surface area contributed by atoms with Gasteiger partial charge in [0.15, 0.2) is 0 Å². The molecule has 15 heavy (non-hydrogen) atoms. The Morgan fingerprint density at radius 2 is 2.00 bits per heavy atom. The van der Waals surface area contributed by atoms with Crippen LogP contribution in [0.1, 0.15) is 52.9 Å². The molecule has 0 aromatic heterocycles. The summed E-state index contributed by atoms with van der Waals surface area (Å²) in [6, 6.07) is 0. The zero-order valence-electron chi connectivity index (χ0n) is 10.3. The van der Waals surface area contributed by atoms with Crippen LogP contribution >= 0.6 is 0 Å². The summed E-state index contributed by atoms with van der Waals surface area (Å²) in [6.45, 7) is 6.80. The molecule has 0 aromatic carbocycles. The monoisotopic (exact) mass is 208 g/mol. The topological polar surface area (TPSA) is 20.2 Å². The summed E-state index contributed by atoms with van der Waals surface area (Å²) < 4.78 is 0. The molecule has 1 saturated carbocycles. The summed E-state index contributed by atoms with van der Waals surface area (Å²) in [5.74, 6) is 1.11. The van der Waals surface area contributed by atoms with Gasteiger partial charge in [0.25, 0.3) is 0 Å². The van der Waals surface area contributed by atoms with Gasteiger partial charge in [-0.2, -0.15) is 0 Å². The first-order chi connectivity index (χ1) is 7.00. The normalized spacial score (nSPS) is 45.5. The number of fused-ring (bicyclic) bond motifs is 1. The maximum Gasteiger partial charge on any atom is 0.0737 e. The van der Waals surface area contributed by atoms with Gasteiger partial charge in [0.2, 0.25) is 0 Å². The van der Waals surface area contributed by atoms with Gasteiger partial charge in [-0.05, 0) is 43.9 Å². The van der Waals surface area contributed by atoms with Crippen molar-refractivity contribution in [3.8, 4) is 0 Å². The minimum Gasteiger partial charge on any atom is -0.389 e. The van der Waals surface area contributed by atoms with Gasteiger partial charge in [0, 0.05) is 5.41 Å². The average Bonchev–Trinajstić information content (AvgIpc) is 2.31. The number of aliphatic hydroxyl groups is 1. The van der Waals surface area contributed by atoms with E-state index >= 15 is 0 Å². The number of allylic oxidation sites excluding steroid dienone is 2. The summed E-state index contributed by atoms with van der Waals surface area (Å²) in [7, 11) is 0. The van der Waals surface area contributed by atoms with Crippen LogP contribution in [0.25, 0.3) is 0 Å². The third-order valence-corrected chi connectivity index (χ3v) is 4.90. The first kappa shape index (κ1) is 11.2. The smallest absolute Gasteiger partial charge is 0.0737 e. The van der Waals surface area contributed by atoms with Crippen LogP contribution in [0.2, 0.25) is 0 Å². The molecule has 0 aromatic rings. The Morgan fingerprint density at radius 1 is 1.27 bits per heavy atom. The second-order valence-electron chi connectivity index (χ2n) is 6.09. The molecule has 1 fully saturated rings. The zero-order valence-corrected chi connectivity index (χ0v) is 10.3. The van der Waals surface area contributed by atoms with Crippen LogP contribution in [0.5, 0.6) is 0 Å². The van der Waals surface area contributed by atoms with Crippen molar-refractivity contribution in [3.63, 3.8) is 0 Å². The zero-order chi connectivity index (χ0) is 11.1. The molecule has 86 valence electrons. The molecule has 0 saturated heterocycles. The van der Waals surface area contributed by atoms with Crippen LogP contribution in [0.3, 0.4) is 0 Å². The molecule has 1 nitrogen and oxygen atoms in total. The lowest BCUT2D eigenvalue weighted by molar-refractivity contribution is -0.0973. The van der Waals surface area contributed by atoms with Crippen LogP contribution in [0, 0.1) is 17.3 Å². The SMILES string of the molecule is CC(C)[C@H]1CC[C@]2(C)CC=CCC[C@]12O. The highest BCUT2D eigenvalue weighted by molar-refractivity contribution is 5.12. The van der Waals surface area contributed by atoms with Crippen molar-refractivity contribution in [1.82, 2.24) is 0 Å². The van der Waals surface area contributed by atoms with Crippen molar-refractivity contribution in [1.29, 1.82) is 0 Å². The summed E-state index contributed by atoms with van der Waals surface area (Å²) in [4.78, 5) is 0. The van der Waals surface area contributed by atoms with Crippen molar-refractivity contribution < 1.29 is 5.11 Å². The predicted octanol–water partition coefficient (Wildman–Crippen LogP) is 3.53. The highest BCUT2D eigenvalue weighted by Crippen LogP contribution is 2.57. The fourth-order valence-corrected chi connectivity index (χ4v) is 3.79. The van der Waals surface area contributed by atoms with E-state index in [9.17, 15) is 5.11 Å². The minimum absolute atomic E-state index is 0.134. The molecular formula is C14H24O. The van der Waals surface area contributed by atoms with E-state index in [1.54, 1.807) is 0 Å². The van der Waals surface area contributed by atoms with E-state index in [-0.39, 0.29) is 5.41 Å². The molecule has 0 aliphatic heterocycles. The lowest BCUT2D eigenvalue weighted by Gasteiger charge is -2.43. The average molecular weight is 208 g/mol. The largest absolute Gasteiger partial charge is 0.389 e. The first-order valence-corrected chi connectivity index (χ1v) is 6.37. The molecular weight excluding hydrogens is 184 g/mol. The highest BCUT2D eigenvalue weighted by Gasteiger charge is 2.56. The molecule has 0 bridgehead atoms. The first-order valence-electron chi connectivity index (χ1n) is 6.37. The molecule has 0 radical (unpaired) electrons. The number of rotatable bonds is 1. The van der Waals surface area contributed by atoms with Crippen LogP contribution in [0.4, 0.5) is 0 Å². The molecule has 0 heterocycles. The van der Waals surface area contributed by atoms with Crippen molar-refractivity contribution in [2.45, 2.75) is 58.5 Å². The van der Waals surface area contributed by atoms with Gasteiger partial charge in [-0.3, -0.25) is 0 Å². The molecule has 1 heteroatoms. The maximum atomic E-state index is 11.0. The molecule has 2 aliphatic rings. The summed E-state index contributed by atoms with van der Waals surface area (Å²) >= 11 is 0.